The molecule has 31 heavy (non-hydrogen) atoms. The predicted octanol–water partition coefficient (Wildman–Crippen LogP) is 3.05. The smallest absolute Gasteiger partial charge is 0.243 e. The lowest BCUT2D eigenvalue weighted by molar-refractivity contribution is -0.137. The summed E-state index contributed by atoms with van der Waals surface area (Å²) >= 11 is 0. The maximum Gasteiger partial charge on any atom is 0.243 e. The Kier molecular flexibility index (Phi) is 6.34. The summed E-state index contributed by atoms with van der Waals surface area (Å²) in [5.41, 5.74) is 3.48. The van der Waals surface area contributed by atoms with Crippen LogP contribution in [-0.4, -0.2) is 62.8 Å². The van der Waals surface area contributed by atoms with Crippen LogP contribution >= 0.6 is 0 Å². The Morgan fingerprint density at radius 3 is 1.84 bits per heavy atom. The first-order valence-corrected chi connectivity index (χ1v) is 12.5. The summed E-state index contributed by atoms with van der Waals surface area (Å²) in [5.74, 6) is 0.0892. The lowest BCUT2D eigenvalue weighted by Gasteiger charge is -2.39. The zero-order valence-electron chi connectivity index (χ0n) is 18.3. The van der Waals surface area contributed by atoms with Crippen LogP contribution in [-0.2, 0) is 14.8 Å². The second-order valence-corrected chi connectivity index (χ2v) is 10.6. The number of piperazine rings is 1. The predicted molar refractivity (Wildman–Crippen MR) is 123 cm³/mol. The molecule has 0 radical (unpaired) electrons. The average molecular weight is 442 g/mol. The van der Waals surface area contributed by atoms with E-state index in [9.17, 15) is 13.2 Å². The molecule has 0 atom stereocenters. The Labute approximate surface area is 185 Å². The number of anilines is 1. The molecule has 166 valence electrons. The van der Waals surface area contributed by atoms with Crippen LogP contribution in [0.5, 0.6) is 0 Å². The van der Waals surface area contributed by atoms with Gasteiger partial charge in [-0.15, -0.1) is 0 Å². The van der Waals surface area contributed by atoms with Crippen LogP contribution in [0.15, 0.2) is 53.4 Å². The number of hydrogen-bond donors (Lipinski definition) is 0. The van der Waals surface area contributed by atoms with Crippen LogP contribution in [0.1, 0.15) is 24.0 Å². The Bertz CT molecular complexity index is 1000. The highest BCUT2D eigenvalue weighted by molar-refractivity contribution is 7.89. The highest BCUT2D eigenvalue weighted by Gasteiger charge is 2.34. The van der Waals surface area contributed by atoms with Crippen molar-refractivity contribution in [1.29, 1.82) is 0 Å². The molecule has 0 N–H and O–H groups in total. The van der Waals surface area contributed by atoms with Crippen LogP contribution in [0.4, 0.5) is 5.69 Å². The zero-order chi connectivity index (χ0) is 22.0. The largest absolute Gasteiger partial charge is 0.368 e. The van der Waals surface area contributed by atoms with Gasteiger partial charge < -0.3 is 9.80 Å². The minimum Gasteiger partial charge on any atom is -0.368 e. The average Bonchev–Trinajstić information content (AvgIpc) is 2.80. The molecule has 4 rings (SSSR count). The lowest BCUT2D eigenvalue weighted by Crippen LogP contribution is -2.52. The number of carbonyl (C=O) groups excluding carboxylic acids is 1. The topological polar surface area (TPSA) is 60.9 Å². The molecule has 2 aromatic rings. The molecule has 0 aliphatic carbocycles. The van der Waals surface area contributed by atoms with Gasteiger partial charge in [-0.05, 0) is 51.0 Å². The molecule has 0 saturated carbocycles. The fourth-order valence-electron chi connectivity index (χ4n) is 4.40. The van der Waals surface area contributed by atoms with E-state index in [2.05, 4.69) is 36.1 Å². The highest BCUT2D eigenvalue weighted by atomic mass is 32.2. The van der Waals surface area contributed by atoms with Crippen LogP contribution in [0.2, 0.25) is 0 Å². The minimum absolute atomic E-state index is 0.0876. The van der Waals surface area contributed by atoms with Crippen molar-refractivity contribution in [1.82, 2.24) is 9.21 Å². The third-order valence-electron chi connectivity index (χ3n) is 6.45. The molecule has 2 aliphatic heterocycles. The van der Waals surface area contributed by atoms with Crippen molar-refractivity contribution in [3.63, 3.8) is 0 Å². The number of carbonyl (C=O) groups is 1. The monoisotopic (exact) mass is 441 g/mol. The molecule has 7 heteroatoms. The van der Waals surface area contributed by atoms with Gasteiger partial charge in [0.05, 0.1) is 4.90 Å². The van der Waals surface area contributed by atoms with Gasteiger partial charge in [0.15, 0.2) is 0 Å². The van der Waals surface area contributed by atoms with Crippen LogP contribution in [0, 0.1) is 19.8 Å². The second kappa shape index (κ2) is 9.01. The van der Waals surface area contributed by atoms with Crippen molar-refractivity contribution < 1.29 is 13.2 Å². The minimum atomic E-state index is -3.49. The van der Waals surface area contributed by atoms with E-state index in [1.807, 2.05) is 24.0 Å². The number of sulfonamides is 1. The Morgan fingerprint density at radius 1 is 0.774 bits per heavy atom. The van der Waals surface area contributed by atoms with Crippen molar-refractivity contribution in [2.24, 2.45) is 5.92 Å². The summed E-state index contributed by atoms with van der Waals surface area (Å²) in [5, 5.41) is 0. The first-order valence-electron chi connectivity index (χ1n) is 11.0. The second-order valence-electron chi connectivity index (χ2n) is 8.64. The van der Waals surface area contributed by atoms with Gasteiger partial charge in [-0.2, -0.15) is 4.31 Å². The molecule has 0 spiro atoms. The van der Waals surface area contributed by atoms with Crippen molar-refractivity contribution >= 4 is 21.6 Å². The molecule has 0 bridgehead atoms. The van der Waals surface area contributed by atoms with Gasteiger partial charge in [0, 0.05) is 50.9 Å². The number of nitrogens with zero attached hydrogens (tertiary/aromatic N) is 3. The number of amides is 1. The van der Waals surface area contributed by atoms with Crippen molar-refractivity contribution in [3.8, 4) is 0 Å². The van der Waals surface area contributed by atoms with Gasteiger partial charge in [0.25, 0.3) is 0 Å². The number of benzene rings is 2. The fraction of sp³-hybridized carbons (Fsp3) is 0.458. The molecule has 2 fully saturated rings. The van der Waals surface area contributed by atoms with E-state index < -0.39 is 10.0 Å². The van der Waals surface area contributed by atoms with Gasteiger partial charge in [0.1, 0.15) is 0 Å². The van der Waals surface area contributed by atoms with E-state index in [1.165, 1.54) is 15.6 Å². The van der Waals surface area contributed by atoms with E-state index in [0.717, 1.165) is 18.7 Å². The van der Waals surface area contributed by atoms with Crippen LogP contribution in [0.3, 0.4) is 0 Å². The van der Waals surface area contributed by atoms with Gasteiger partial charge >= 0.3 is 0 Å². The Balaban J connectivity index is 1.30. The first-order chi connectivity index (χ1) is 14.8. The number of hydrogen-bond acceptors (Lipinski definition) is 4. The van der Waals surface area contributed by atoms with Gasteiger partial charge in [-0.25, -0.2) is 8.42 Å². The SMILES string of the molecule is Cc1ccc(N2CCN(C(=O)C3CCN(S(=O)(=O)c4ccc(C)cc4)CC3)CC2)cc1. The van der Waals surface area contributed by atoms with Crippen molar-refractivity contribution in [3.05, 3.63) is 59.7 Å². The fourth-order valence-corrected chi connectivity index (χ4v) is 5.87. The number of piperidine rings is 1. The highest BCUT2D eigenvalue weighted by Crippen LogP contribution is 2.26. The zero-order valence-corrected chi connectivity index (χ0v) is 19.1. The summed E-state index contributed by atoms with van der Waals surface area (Å²) < 4.78 is 27.3. The van der Waals surface area contributed by atoms with Gasteiger partial charge in [0.2, 0.25) is 15.9 Å². The maximum absolute atomic E-state index is 13.0. The lowest BCUT2D eigenvalue weighted by atomic mass is 9.96. The van der Waals surface area contributed by atoms with Crippen LogP contribution < -0.4 is 4.90 Å². The first kappa shape index (κ1) is 21.8. The van der Waals surface area contributed by atoms with Crippen LogP contribution in [0.25, 0.3) is 0 Å². The molecule has 6 nitrogen and oxygen atoms in total. The Morgan fingerprint density at radius 2 is 1.29 bits per heavy atom. The number of rotatable bonds is 4. The van der Waals surface area contributed by atoms with E-state index in [1.54, 1.807) is 12.1 Å². The Hall–Kier alpha value is -2.38. The molecule has 2 saturated heterocycles. The van der Waals surface area contributed by atoms with E-state index in [-0.39, 0.29) is 11.8 Å². The standard InChI is InChI=1S/C24H31N3O3S/c1-19-3-7-22(8-4-19)25-15-17-26(18-16-25)24(28)21-11-13-27(14-12-21)31(29,30)23-9-5-20(2)6-10-23/h3-10,21H,11-18H2,1-2H3. The third-order valence-corrected chi connectivity index (χ3v) is 8.37. The van der Waals surface area contributed by atoms with E-state index in [4.69, 9.17) is 0 Å². The van der Waals surface area contributed by atoms with Crippen molar-refractivity contribution in [2.75, 3.05) is 44.2 Å². The summed E-state index contributed by atoms with van der Waals surface area (Å²) in [6, 6.07) is 15.5. The maximum atomic E-state index is 13.0. The summed E-state index contributed by atoms with van der Waals surface area (Å²) in [4.78, 5) is 17.7. The molecule has 2 heterocycles. The van der Waals surface area contributed by atoms with Gasteiger partial charge in [-0.1, -0.05) is 35.4 Å². The third kappa shape index (κ3) is 4.77. The molecule has 0 aromatic heterocycles. The molecule has 0 unspecified atom stereocenters. The quantitative estimate of drug-likeness (QED) is 0.732. The molecule has 2 aliphatic rings. The summed E-state index contributed by atoms with van der Waals surface area (Å²) in [6.45, 7) is 7.91. The number of aryl methyl sites for hydroxylation is 2. The molecular weight excluding hydrogens is 410 g/mol. The van der Waals surface area contributed by atoms with E-state index in [0.29, 0.717) is 43.9 Å². The normalized spacial score (nSPS) is 18.9. The molecule has 1 amide bonds. The summed E-state index contributed by atoms with van der Waals surface area (Å²) in [7, 11) is -3.49. The molecular formula is C24H31N3O3S. The van der Waals surface area contributed by atoms with Gasteiger partial charge in [-0.3, -0.25) is 4.79 Å². The van der Waals surface area contributed by atoms with Crippen molar-refractivity contribution in [2.45, 2.75) is 31.6 Å². The molecule has 2 aromatic carbocycles. The summed E-state index contributed by atoms with van der Waals surface area (Å²) in [6.07, 6.45) is 1.17. The van der Waals surface area contributed by atoms with E-state index >= 15 is 0 Å².